The number of hydrogen-bond donors (Lipinski definition) is 0. The molecule has 2 aromatic rings. The molecule has 0 bridgehead atoms. The van der Waals surface area contributed by atoms with Crippen LogP contribution in [0.5, 0.6) is 5.75 Å². The van der Waals surface area contributed by atoms with Gasteiger partial charge in [-0.2, -0.15) is 4.98 Å². The normalized spacial score (nSPS) is 17.3. The van der Waals surface area contributed by atoms with Gasteiger partial charge in [0.2, 0.25) is 11.8 Å². The van der Waals surface area contributed by atoms with E-state index in [4.69, 9.17) is 14.0 Å². The van der Waals surface area contributed by atoms with Crippen molar-refractivity contribution in [3.8, 4) is 5.75 Å². The summed E-state index contributed by atoms with van der Waals surface area (Å²) in [5, 5.41) is 3.92. The molecule has 0 radical (unpaired) electrons. The smallest absolute Gasteiger partial charge is 0.293 e. The first-order chi connectivity index (χ1) is 12.6. The number of aromatic nitrogens is 3. The van der Waals surface area contributed by atoms with Gasteiger partial charge >= 0.3 is 0 Å². The van der Waals surface area contributed by atoms with E-state index >= 15 is 0 Å². The second-order valence-corrected chi connectivity index (χ2v) is 6.00. The molecular weight excluding hydrogens is 340 g/mol. The Labute approximate surface area is 150 Å². The summed E-state index contributed by atoms with van der Waals surface area (Å²) in [4.78, 5) is 30.7. The SMILES string of the molecule is CCc1nc(CC2CN(C(=O)Cn3cccc(OC)c3=O)CCO2)no1. The fourth-order valence-electron chi connectivity index (χ4n) is 2.83. The van der Waals surface area contributed by atoms with Gasteiger partial charge in [-0.15, -0.1) is 0 Å². The molecule has 1 atom stereocenters. The van der Waals surface area contributed by atoms with E-state index in [9.17, 15) is 9.59 Å². The van der Waals surface area contributed by atoms with Crippen molar-refractivity contribution < 1.29 is 18.8 Å². The lowest BCUT2D eigenvalue weighted by Crippen LogP contribution is -2.48. The van der Waals surface area contributed by atoms with Crippen LogP contribution < -0.4 is 10.3 Å². The number of aryl methyl sites for hydroxylation is 1. The van der Waals surface area contributed by atoms with Crippen molar-refractivity contribution in [2.24, 2.45) is 0 Å². The van der Waals surface area contributed by atoms with E-state index in [0.717, 1.165) is 0 Å². The van der Waals surface area contributed by atoms with Gasteiger partial charge < -0.3 is 23.5 Å². The van der Waals surface area contributed by atoms with Gasteiger partial charge in [-0.25, -0.2) is 0 Å². The summed E-state index contributed by atoms with van der Waals surface area (Å²) < 4.78 is 17.2. The minimum Gasteiger partial charge on any atom is -0.491 e. The van der Waals surface area contributed by atoms with Crippen LogP contribution in [-0.2, 0) is 28.9 Å². The van der Waals surface area contributed by atoms with Gasteiger partial charge in [-0.05, 0) is 12.1 Å². The Morgan fingerprint density at radius 2 is 2.31 bits per heavy atom. The largest absolute Gasteiger partial charge is 0.491 e. The molecule has 0 saturated carbocycles. The quantitative estimate of drug-likeness (QED) is 0.727. The maximum absolute atomic E-state index is 12.6. The Balaban J connectivity index is 1.62. The number of morpholine rings is 1. The lowest BCUT2D eigenvalue weighted by atomic mass is 10.2. The van der Waals surface area contributed by atoms with Crippen LogP contribution in [0.1, 0.15) is 18.6 Å². The van der Waals surface area contributed by atoms with Gasteiger partial charge in [0.1, 0.15) is 6.54 Å². The van der Waals surface area contributed by atoms with Crippen LogP contribution in [0.15, 0.2) is 27.6 Å². The molecule has 3 rings (SSSR count). The first-order valence-corrected chi connectivity index (χ1v) is 8.55. The minimum absolute atomic E-state index is 0.0368. The molecule has 26 heavy (non-hydrogen) atoms. The molecule has 1 fully saturated rings. The number of pyridine rings is 1. The van der Waals surface area contributed by atoms with E-state index in [1.165, 1.54) is 11.7 Å². The molecule has 1 aliphatic rings. The number of rotatable bonds is 6. The third-order valence-electron chi connectivity index (χ3n) is 4.23. The lowest BCUT2D eigenvalue weighted by Gasteiger charge is -2.32. The number of nitrogens with zero attached hydrogens (tertiary/aromatic N) is 4. The minimum atomic E-state index is -0.327. The van der Waals surface area contributed by atoms with Gasteiger partial charge in [-0.1, -0.05) is 12.1 Å². The van der Waals surface area contributed by atoms with Crippen molar-refractivity contribution in [1.82, 2.24) is 19.6 Å². The molecule has 1 amide bonds. The first-order valence-electron chi connectivity index (χ1n) is 8.55. The summed E-state index contributed by atoms with van der Waals surface area (Å²) in [6.07, 6.45) is 2.54. The monoisotopic (exact) mass is 362 g/mol. The molecule has 140 valence electrons. The molecule has 2 aromatic heterocycles. The summed E-state index contributed by atoms with van der Waals surface area (Å²) in [6, 6.07) is 3.25. The Morgan fingerprint density at radius 1 is 1.46 bits per heavy atom. The molecule has 0 aliphatic carbocycles. The van der Waals surface area contributed by atoms with Crippen LogP contribution in [0.25, 0.3) is 0 Å². The maximum atomic E-state index is 12.6. The topological polar surface area (TPSA) is 99.7 Å². The second-order valence-electron chi connectivity index (χ2n) is 6.00. The van der Waals surface area contributed by atoms with Crippen LogP contribution in [0.2, 0.25) is 0 Å². The van der Waals surface area contributed by atoms with Gasteiger partial charge in [0.05, 0.1) is 19.8 Å². The molecule has 0 spiro atoms. The summed E-state index contributed by atoms with van der Waals surface area (Å²) in [5.41, 5.74) is -0.327. The highest BCUT2D eigenvalue weighted by Crippen LogP contribution is 2.11. The zero-order valence-corrected chi connectivity index (χ0v) is 14.9. The van der Waals surface area contributed by atoms with Crippen molar-refractivity contribution >= 4 is 5.91 Å². The van der Waals surface area contributed by atoms with Crippen molar-refractivity contribution in [3.63, 3.8) is 0 Å². The second kappa shape index (κ2) is 8.13. The highest BCUT2D eigenvalue weighted by atomic mass is 16.5. The van der Waals surface area contributed by atoms with Crippen molar-refractivity contribution in [1.29, 1.82) is 0 Å². The number of amides is 1. The van der Waals surface area contributed by atoms with E-state index in [1.807, 2.05) is 6.92 Å². The third-order valence-corrected chi connectivity index (χ3v) is 4.23. The van der Waals surface area contributed by atoms with E-state index in [1.54, 1.807) is 23.2 Å². The van der Waals surface area contributed by atoms with Crippen molar-refractivity contribution in [3.05, 3.63) is 40.4 Å². The maximum Gasteiger partial charge on any atom is 0.293 e. The zero-order chi connectivity index (χ0) is 18.5. The first kappa shape index (κ1) is 18.1. The summed E-state index contributed by atoms with van der Waals surface area (Å²) in [6.45, 7) is 3.25. The summed E-state index contributed by atoms with van der Waals surface area (Å²) in [7, 11) is 1.43. The fourth-order valence-corrected chi connectivity index (χ4v) is 2.83. The molecular formula is C17H22N4O5. The molecule has 9 heteroatoms. The number of ether oxygens (including phenoxy) is 2. The molecule has 0 N–H and O–H groups in total. The van der Waals surface area contributed by atoms with Gasteiger partial charge in [-0.3, -0.25) is 9.59 Å². The number of methoxy groups -OCH3 is 1. The van der Waals surface area contributed by atoms with Gasteiger partial charge in [0.25, 0.3) is 5.56 Å². The highest BCUT2D eigenvalue weighted by Gasteiger charge is 2.26. The van der Waals surface area contributed by atoms with Crippen molar-refractivity contribution in [2.45, 2.75) is 32.4 Å². The molecule has 1 aliphatic heterocycles. The van der Waals surface area contributed by atoms with E-state index in [0.29, 0.717) is 44.3 Å². The zero-order valence-electron chi connectivity index (χ0n) is 14.9. The van der Waals surface area contributed by atoms with Crippen LogP contribution >= 0.6 is 0 Å². The van der Waals surface area contributed by atoms with Crippen LogP contribution in [0, 0.1) is 0 Å². The Hall–Kier alpha value is -2.68. The third kappa shape index (κ3) is 4.10. The Bertz CT molecular complexity index is 815. The number of carbonyl (C=O) groups is 1. The van der Waals surface area contributed by atoms with E-state index in [2.05, 4.69) is 10.1 Å². The average Bonchev–Trinajstić information content (AvgIpc) is 3.11. The number of carbonyl (C=O) groups excluding carboxylic acids is 1. The summed E-state index contributed by atoms with van der Waals surface area (Å²) >= 11 is 0. The Kier molecular flexibility index (Phi) is 5.67. The van der Waals surface area contributed by atoms with Crippen LogP contribution in [0.4, 0.5) is 0 Å². The van der Waals surface area contributed by atoms with E-state index < -0.39 is 0 Å². The fraction of sp³-hybridized carbons (Fsp3) is 0.529. The standard InChI is InChI=1S/C17H22N4O5/c1-3-15-18-14(19-26-15)9-12-10-20(7-8-25-12)16(22)11-21-6-4-5-13(24-2)17(21)23/h4-6,12H,3,7-11H2,1-2H3. The predicted molar refractivity (Wildman–Crippen MR) is 91.0 cm³/mol. The van der Waals surface area contributed by atoms with Crippen LogP contribution in [-0.4, -0.2) is 58.4 Å². The average molecular weight is 362 g/mol. The molecule has 9 nitrogen and oxygen atoms in total. The van der Waals surface area contributed by atoms with Gasteiger partial charge in [0, 0.05) is 32.1 Å². The Morgan fingerprint density at radius 3 is 3.04 bits per heavy atom. The van der Waals surface area contributed by atoms with Crippen LogP contribution in [0.3, 0.4) is 0 Å². The predicted octanol–water partition coefficient (Wildman–Crippen LogP) is 0.272. The molecule has 1 saturated heterocycles. The van der Waals surface area contributed by atoms with Gasteiger partial charge in [0.15, 0.2) is 11.6 Å². The lowest BCUT2D eigenvalue weighted by molar-refractivity contribution is -0.139. The summed E-state index contributed by atoms with van der Waals surface area (Å²) in [5.74, 6) is 1.23. The molecule has 1 unspecified atom stereocenters. The number of hydrogen-bond acceptors (Lipinski definition) is 7. The van der Waals surface area contributed by atoms with E-state index in [-0.39, 0.29) is 29.9 Å². The molecule has 3 heterocycles. The highest BCUT2D eigenvalue weighted by molar-refractivity contribution is 5.76. The molecule has 0 aromatic carbocycles. The van der Waals surface area contributed by atoms with Crippen molar-refractivity contribution in [2.75, 3.05) is 26.8 Å².